The number of primary amides is 1. The number of benzene rings is 2. The molecule has 4 unspecified atom stereocenters. The van der Waals surface area contributed by atoms with E-state index in [1.807, 2.05) is 0 Å². The molecular formula is C33H33N3O15. The third-order valence-corrected chi connectivity index (χ3v) is 9.30. The normalized spacial score (nSPS) is 26.9. The van der Waals surface area contributed by atoms with E-state index in [2.05, 4.69) is 11.4 Å². The number of nitrogens with zero attached hydrogens (tertiary/aromatic N) is 2. The number of hydrogen-bond acceptors (Lipinski definition) is 16. The molecule has 0 saturated heterocycles. The summed E-state index contributed by atoms with van der Waals surface area (Å²) < 4.78 is 10.6. The van der Waals surface area contributed by atoms with E-state index in [0.717, 1.165) is 18.2 Å². The molecular weight excluding hydrogens is 678 g/mol. The van der Waals surface area contributed by atoms with Crippen LogP contribution in [0.5, 0.6) is 17.2 Å². The Hall–Kier alpha value is -5.69. The Morgan fingerprint density at radius 3 is 2.39 bits per heavy atom. The molecule has 0 bridgehead atoms. The summed E-state index contributed by atoms with van der Waals surface area (Å²) in [6.45, 7) is 3.63. The summed E-state index contributed by atoms with van der Waals surface area (Å²) in [5.74, 6) is -13.5. The van der Waals surface area contributed by atoms with Crippen molar-refractivity contribution in [1.29, 1.82) is 0 Å². The number of Topliss-reactive ketones (excluding diaryl/α,β-unsaturated/α-hetero) is 2. The maximum atomic E-state index is 14.2. The fourth-order valence-electron chi connectivity index (χ4n) is 7.08. The molecule has 18 heteroatoms. The lowest BCUT2D eigenvalue weighted by atomic mass is 9.54. The van der Waals surface area contributed by atoms with Crippen molar-refractivity contribution in [3.63, 3.8) is 0 Å². The Kier molecular flexibility index (Phi) is 9.72. The van der Waals surface area contributed by atoms with Gasteiger partial charge >= 0.3 is 11.9 Å². The van der Waals surface area contributed by atoms with Gasteiger partial charge < -0.3 is 50.5 Å². The van der Waals surface area contributed by atoms with Gasteiger partial charge in [0.25, 0.3) is 5.09 Å². The van der Waals surface area contributed by atoms with E-state index in [4.69, 9.17) is 15.2 Å². The number of ketones is 2. The molecule has 7 atom stereocenters. The van der Waals surface area contributed by atoms with E-state index >= 15 is 0 Å². The summed E-state index contributed by atoms with van der Waals surface area (Å²) >= 11 is 0. The van der Waals surface area contributed by atoms with Gasteiger partial charge in [-0.1, -0.05) is 18.7 Å². The lowest BCUT2D eigenvalue weighted by Crippen LogP contribution is -2.74. The van der Waals surface area contributed by atoms with Crippen molar-refractivity contribution in [2.45, 2.75) is 36.7 Å². The molecule has 2 aromatic rings. The summed E-state index contributed by atoms with van der Waals surface area (Å²) in [4.78, 5) is 81.4. The first-order valence-electron chi connectivity index (χ1n) is 15.4. The monoisotopic (exact) mass is 711 g/mol. The number of aromatic hydroxyl groups is 1. The molecule has 0 radical (unpaired) electrons. The quantitative estimate of drug-likeness (QED) is 0.0466. The van der Waals surface area contributed by atoms with Gasteiger partial charge in [-0.05, 0) is 55.9 Å². The maximum absolute atomic E-state index is 14.2. The number of rotatable bonds is 10. The number of carbonyl (C=O) groups is 5. The van der Waals surface area contributed by atoms with Gasteiger partial charge in [0.1, 0.15) is 34.5 Å². The van der Waals surface area contributed by atoms with Crippen molar-refractivity contribution in [1.82, 2.24) is 4.90 Å². The standard InChI is InChI=1S/C33H33N3O15/c1-13-15-6-4-7-18(51-32(45)16-12-14(9-10-17(16)37)50-19(38)8-5-11-49-36(47)48)21(15)26(39)22-20(13)27(40)24-25(35(2)3)28(41)23(31(34)44)30(43)33(24,46)29(22)42/h4,6-7,9-10,12,20,23-25,27-28,37,40-42,46H,1,5,8,11H2,2-3H3,(H2,34,44)/t20?,23?,24?,25-,27-,28?,33-/m0/s1. The van der Waals surface area contributed by atoms with E-state index in [0.29, 0.717) is 0 Å². The topological polar surface area (TPSA) is 287 Å². The van der Waals surface area contributed by atoms with Crippen molar-refractivity contribution in [3.05, 3.63) is 81.1 Å². The molecule has 1 saturated carbocycles. The number of aliphatic hydroxyl groups is 4. The summed E-state index contributed by atoms with van der Waals surface area (Å²) in [6, 6.07) is 5.81. The van der Waals surface area contributed by atoms with Crippen LogP contribution in [0.1, 0.15) is 39.1 Å². The number of amides is 1. The molecule has 2 aromatic carbocycles. The van der Waals surface area contributed by atoms with Gasteiger partial charge in [-0.3, -0.25) is 19.2 Å². The molecule has 3 aliphatic carbocycles. The van der Waals surface area contributed by atoms with Crippen LogP contribution in [0.25, 0.3) is 5.57 Å². The molecule has 270 valence electrons. The fraction of sp³-hybridized carbons (Fsp3) is 0.364. The number of phenols is 1. The Balaban J connectivity index is 1.50. The molecule has 1 fully saturated rings. The van der Waals surface area contributed by atoms with Crippen molar-refractivity contribution < 1.29 is 68.9 Å². The number of nitrogens with two attached hydrogens (primary N) is 1. The van der Waals surface area contributed by atoms with Crippen LogP contribution in [-0.4, -0.2) is 109 Å². The second-order valence-electron chi connectivity index (χ2n) is 12.4. The van der Waals surface area contributed by atoms with Crippen LogP contribution in [0.15, 0.2) is 54.3 Å². The van der Waals surface area contributed by atoms with E-state index < -0.39 is 104 Å². The highest BCUT2D eigenvalue weighted by atomic mass is 16.9. The average Bonchev–Trinajstić information content (AvgIpc) is 3.05. The number of likely N-dealkylation sites (N-methyl/N-ethyl adjacent to an activating group) is 1. The number of hydrogen-bond donors (Lipinski definition) is 6. The van der Waals surface area contributed by atoms with Gasteiger partial charge in [0.15, 0.2) is 17.2 Å². The Morgan fingerprint density at radius 1 is 1.08 bits per heavy atom. The molecule has 0 aliphatic heterocycles. The van der Waals surface area contributed by atoms with Crippen molar-refractivity contribution >= 4 is 35.0 Å². The Bertz CT molecular complexity index is 1900. The van der Waals surface area contributed by atoms with Crippen molar-refractivity contribution in [2.24, 2.45) is 23.5 Å². The van der Waals surface area contributed by atoms with Gasteiger partial charge in [-0.2, -0.15) is 0 Å². The number of esters is 2. The minimum atomic E-state index is -3.07. The van der Waals surface area contributed by atoms with E-state index in [1.54, 1.807) is 0 Å². The van der Waals surface area contributed by atoms with Crippen LogP contribution in [0.3, 0.4) is 0 Å². The predicted octanol–water partition coefficient (Wildman–Crippen LogP) is -0.160. The van der Waals surface area contributed by atoms with E-state index in [1.165, 1.54) is 37.2 Å². The first-order chi connectivity index (χ1) is 23.9. The van der Waals surface area contributed by atoms with Gasteiger partial charge in [0.2, 0.25) is 5.91 Å². The summed E-state index contributed by atoms with van der Waals surface area (Å²) in [7, 11) is 2.88. The van der Waals surface area contributed by atoms with Crippen LogP contribution in [0, 0.1) is 27.9 Å². The second-order valence-corrected chi connectivity index (χ2v) is 12.4. The molecule has 0 heterocycles. The van der Waals surface area contributed by atoms with Gasteiger partial charge in [-0.25, -0.2) is 4.79 Å². The highest BCUT2D eigenvalue weighted by molar-refractivity contribution is 6.20. The molecule has 3 aliphatic rings. The van der Waals surface area contributed by atoms with Crippen LogP contribution in [0.4, 0.5) is 0 Å². The molecule has 18 nitrogen and oxygen atoms in total. The molecule has 1 amide bonds. The zero-order valence-electron chi connectivity index (χ0n) is 27.0. The number of fused-ring (bicyclic) bond motifs is 3. The molecule has 0 spiro atoms. The van der Waals surface area contributed by atoms with Gasteiger partial charge in [0, 0.05) is 24.3 Å². The molecule has 7 N–H and O–H groups in total. The summed E-state index contributed by atoms with van der Waals surface area (Å²) in [5, 5.41) is 65.9. The van der Waals surface area contributed by atoms with Gasteiger partial charge in [0.05, 0.1) is 30.0 Å². The number of phenolic OH excluding ortho intramolecular Hbond substituents is 1. The first-order valence-corrected chi connectivity index (χ1v) is 15.4. The molecule has 5 rings (SSSR count). The predicted molar refractivity (Wildman–Crippen MR) is 169 cm³/mol. The fourth-order valence-corrected chi connectivity index (χ4v) is 7.08. The zero-order valence-corrected chi connectivity index (χ0v) is 27.0. The smallest absolute Gasteiger partial charge is 0.347 e. The largest absolute Gasteiger partial charge is 0.508 e. The highest BCUT2D eigenvalue weighted by Crippen LogP contribution is 2.55. The van der Waals surface area contributed by atoms with Crippen molar-refractivity contribution in [2.75, 3.05) is 20.7 Å². The summed E-state index contributed by atoms with van der Waals surface area (Å²) in [6.07, 6.45) is -3.97. The first kappa shape index (κ1) is 36.6. The number of carbonyl (C=O) groups excluding carboxylic acids is 5. The number of aliphatic hydroxyl groups excluding tert-OH is 3. The van der Waals surface area contributed by atoms with Crippen LogP contribution in [0.2, 0.25) is 0 Å². The number of ether oxygens (including phenoxy) is 2. The Morgan fingerprint density at radius 2 is 1.76 bits per heavy atom. The third kappa shape index (κ3) is 6.07. The van der Waals surface area contributed by atoms with E-state index in [-0.39, 0.29) is 41.9 Å². The maximum Gasteiger partial charge on any atom is 0.347 e. The highest BCUT2D eigenvalue weighted by Gasteiger charge is 2.69. The minimum Gasteiger partial charge on any atom is -0.508 e. The third-order valence-electron chi connectivity index (χ3n) is 9.30. The second kappa shape index (κ2) is 13.6. The summed E-state index contributed by atoms with van der Waals surface area (Å²) in [5.41, 5.74) is 0.840. The van der Waals surface area contributed by atoms with Crippen molar-refractivity contribution in [3.8, 4) is 17.2 Å². The van der Waals surface area contributed by atoms with E-state index in [9.17, 15) is 59.6 Å². The SMILES string of the molecule is C=C1c2cccc(OC(=O)c3cc(OC(=O)CCCO[N+](=O)[O-])ccc3O)c2C(=O)C2=C(O)[C@]3(O)C(=O)C(C(N)=O)C(O)[C@@H](N(C)C)C3[C@@H](O)C12. The Labute approximate surface area is 288 Å². The van der Waals surface area contributed by atoms with Crippen LogP contribution in [-0.2, 0) is 19.2 Å². The lowest BCUT2D eigenvalue weighted by Gasteiger charge is -2.55. The van der Waals surface area contributed by atoms with Crippen LogP contribution < -0.4 is 15.2 Å². The minimum absolute atomic E-state index is 0.00966. The van der Waals surface area contributed by atoms with Crippen LogP contribution >= 0.6 is 0 Å². The lowest BCUT2D eigenvalue weighted by molar-refractivity contribution is -0.757. The van der Waals surface area contributed by atoms with Gasteiger partial charge in [-0.15, -0.1) is 10.1 Å². The molecule has 51 heavy (non-hydrogen) atoms. The average molecular weight is 712 g/mol. The zero-order chi connectivity index (χ0) is 37.7. The molecule has 0 aromatic heterocycles.